The first-order valence-electron chi connectivity index (χ1n) is 9.83. The third-order valence-electron chi connectivity index (χ3n) is 5.53. The summed E-state index contributed by atoms with van der Waals surface area (Å²) in [5.41, 5.74) is 3.35. The van der Waals surface area contributed by atoms with Gasteiger partial charge in [-0.3, -0.25) is 9.36 Å². The summed E-state index contributed by atoms with van der Waals surface area (Å²) in [7, 11) is 0.428. The molecule has 0 amide bonds. The topological polar surface area (TPSA) is 88.9 Å². The molecule has 2 aromatic heterocycles. The normalized spacial score (nSPS) is 15.7. The molecule has 0 aliphatic heterocycles. The van der Waals surface area contributed by atoms with Gasteiger partial charge in [0, 0.05) is 29.4 Å². The number of aromatic nitrogens is 3. The molecule has 1 aromatic carbocycles. The van der Waals surface area contributed by atoms with Crippen molar-refractivity contribution < 1.29 is 4.21 Å². The minimum Gasteiger partial charge on any atom is -0.324 e. The second kappa shape index (κ2) is 8.04. The molecule has 1 atom stereocenters. The third kappa shape index (κ3) is 3.82. The van der Waals surface area contributed by atoms with Crippen LogP contribution in [0, 0.1) is 13.8 Å². The predicted octanol–water partition coefficient (Wildman–Crippen LogP) is 3.51. The molecule has 1 unspecified atom stereocenters. The second-order valence-electron chi connectivity index (χ2n) is 7.48. The Morgan fingerprint density at radius 3 is 2.59 bits per heavy atom. The van der Waals surface area contributed by atoms with Gasteiger partial charge in [0.2, 0.25) is 5.95 Å². The van der Waals surface area contributed by atoms with Gasteiger partial charge in [-0.2, -0.15) is 4.98 Å². The van der Waals surface area contributed by atoms with Gasteiger partial charge in [0.15, 0.2) is 0 Å². The number of hydrogen-bond donors (Lipinski definition) is 2. The minimum atomic E-state index is -1.23. The van der Waals surface area contributed by atoms with E-state index in [1.165, 1.54) is 0 Å². The van der Waals surface area contributed by atoms with Crippen molar-refractivity contribution in [3.05, 3.63) is 51.9 Å². The number of benzene rings is 1. The van der Waals surface area contributed by atoms with Gasteiger partial charge in [0.1, 0.15) is 16.6 Å². The third-order valence-corrected chi connectivity index (χ3v) is 6.59. The van der Waals surface area contributed by atoms with Crippen molar-refractivity contribution in [2.24, 2.45) is 0 Å². The van der Waals surface area contributed by atoms with Crippen molar-refractivity contribution in [2.75, 3.05) is 12.4 Å². The van der Waals surface area contributed by atoms with E-state index >= 15 is 0 Å². The van der Waals surface area contributed by atoms with Gasteiger partial charge in [0.25, 0.3) is 5.56 Å². The number of nitrogens with zero attached hydrogens (tertiary/aromatic N) is 3. The maximum Gasteiger partial charge on any atom is 0.252 e. The van der Waals surface area contributed by atoms with Crippen LogP contribution < -0.4 is 15.6 Å². The van der Waals surface area contributed by atoms with Crippen LogP contribution in [0.1, 0.15) is 42.9 Å². The van der Waals surface area contributed by atoms with E-state index in [2.05, 4.69) is 15.0 Å². The first kappa shape index (κ1) is 19.7. The molecule has 0 radical (unpaired) electrons. The summed E-state index contributed by atoms with van der Waals surface area (Å²) >= 11 is 0. The Hall–Kier alpha value is -2.58. The Morgan fingerprint density at radius 2 is 1.90 bits per heavy atom. The molecule has 0 bridgehead atoms. The van der Waals surface area contributed by atoms with E-state index in [4.69, 9.17) is 4.98 Å². The summed E-state index contributed by atoms with van der Waals surface area (Å²) in [5.74, 6) is 0.444. The lowest BCUT2D eigenvalue weighted by atomic mass is 10.1. The van der Waals surface area contributed by atoms with Gasteiger partial charge < -0.3 is 5.32 Å². The summed E-state index contributed by atoms with van der Waals surface area (Å²) in [4.78, 5) is 22.6. The number of nitrogens with one attached hydrogen (secondary N) is 2. The first-order valence-corrected chi connectivity index (χ1v) is 11.0. The largest absolute Gasteiger partial charge is 0.324 e. The Morgan fingerprint density at radius 1 is 1.14 bits per heavy atom. The summed E-state index contributed by atoms with van der Waals surface area (Å²) in [6, 6.07) is 7.43. The SMILES string of the molecule is CNS(=O)c1ccc(Nc2ncc3c(C)cc(=O)n(C4CCCC4)c3n2)c(C)c1. The van der Waals surface area contributed by atoms with Gasteiger partial charge in [-0.15, -0.1) is 0 Å². The van der Waals surface area contributed by atoms with E-state index in [0.717, 1.165) is 47.9 Å². The quantitative estimate of drug-likeness (QED) is 0.671. The Kier molecular flexibility index (Phi) is 5.47. The van der Waals surface area contributed by atoms with Crippen LogP contribution in [0.4, 0.5) is 11.6 Å². The Bertz CT molecular complexity index is 1150. The highest BCUT2D eigenvalue weighted by molar-refractivity contribution is 7.83. The van der Waals surface area contributed by atoms with Crippen LogP contribution in [0.5, 0.6) is 0 Å². The van der Waals surface area contributed by atoms with Crippen LogP contribution in [0.15, 0.2) is 40.2 Å². The lowest BCUT2D eigenvalue weighted by Gasteiger charge is -2.18. The lowest BCUT2D eigenvalue weighted by Crippen LogP contribution is -2.24. The molecule has 2 heterocycles. The molecule has 4 rings (SSSR count). The Labute approximate surface area is 172 Å². The van der Waals surface area contributed by atoms with Crippen LogP contribution in [0.25, 0.3) is 11.0 Å². The van der Waals surface area contributed by atoms with E-state index in [0.29, 0.717) is 16.5 Å². The van der Waals surface area contributed by atoms with Crippen LogP contribution in [0.2, 0.25) is 0 Å². The van der Waals surface area contributed by atoms with Crippen molar-refractivity contribution in [3.63, 3.8) is 0 Å². The van der Waals surface area contributed by atoms with Crippen molar-refractivity contribution in [2.45, 2.75) is 50.5 Å². The van der Waals surface area contributed by atoms with E-state index < -0.39 is 11.0 Å². The van der Waals surface area contributed by atoms with Gasteiger partial charge in [-0.1, -0.05) is 12.8 Å². The highest BCUT2D eigenvalue weighted by Gasteiger charge is 2.21. The second-order valence-corrected chi connectivity index (χ2v) is 8.90. The average molecular weight is 412 g/mol. The van der Waals surface area contributed by atoms with Gasteiger partial charge in [-0.05, 0) is 63.1 Å². The summed E-state index contributed by atoms with van der Waals surface area (Å²) in [6.45, 7) is 3.86. The zero-order valence-electron chi connectivity index (χ0n) is 16.9. The average Bonchev–Trinajstić information content (AvgIpc) is 3.23. The van der Waals surface area contributed by atoms with E-state index in [9.17, 15) is 9.00 Å². The number of hydrogen-bond acceptors (Lipinski definition) is 5. The zero-order valence-corrected chi connectivity index (χ0v) is 17.7. The molecule has 1 fully saturated rings. The molecule has 1 saturated carbocycles. The highest BCUT2D eigenvalue weighted by atomic mass is 32.2. The highest BCUT2D eigenvalue weighted by Crippen LogP contribution is 2.31. The molecule has 0 saturated heterocycles. The lowest BCUT2D eigenvalue weighted by molar-refractivity contribution is 0.515. The van der Waals surface area contributed by atoms with Crippen molar-refractivity contribution >= 4 is 33.7 Å². The van der Waals surface area contributed by atoms with Crippen LogP contribution in [-0.4, -0.2) is 25.8 Å². The number of rotatable bonds is 5. The van der Waals surface area contributed by atoms with Gasteiger partial charge >= 0.3 is 0 Å². The fourth-order valence-electron chi connectivity index (χ4n) is 3.98. The molecule has 3 aromatic rings. The van der Waals surface area contributed by atoms with Crippen molar-refractivity contribution in [1.82, 2.24) is 19.3 Å². The summed E-state index contributed by atoms with van der Waals surface area (Å²) in [6.07, 6.45) is 6.08. The molecule has 152 valence electrons. The van der Waals surface area contributed by atoms with Gasteiger partial charge in [-0.25, -0.2) is 13.9 Å². The monoisotopic (exact) mass is 411 g/mol. The summed E-state index contributed by atoms with van der Waals surface area (Å²) < 4.78 is 16.5. The van der Waals surface area contributed by atoms with Crippen molar-refractivity contribution in [3.8, 4) is 0 Å². The van der Waals surface area contributed by atoms with Crippen LogP contribution >= 0.6 is 0 Å². The minimum absolute atomic E-state index is 0.00151. The van der Waals surface area contributed by atoms with Gasteiger partial charge in [0.05, 0.1) is 4.90 Å². The molecule has 2 N–H and O–H groups in total. The first-order chi connectivity index (χ1) is 14.0. The molecule has 29 heavy (non-hydrogen) atoms. The number of fused-ring (bicyclic) bond motifs is 1. The Balaban J connectivity index is 1.75. The fraction of sp³-hybridized carbons (Fsp3) is 0.381. The number of aryl methyl sites for hydroxylation is 2. The molecule has 1 aliphatic rings. The zero-order chi connectivity index (χ0) is 20.5. The molecule has 8 heteroatoms. The van der Waals surface area contributed by atoms with Crippen LogP contribution in [0.3, 0.4) is 0 Å². The molecule has 1 aliphatic carbocycles. The fourth-order valence-corrected chi connectivity index (χ4v) is 4.69. The number of anilines is 2. The smallest absolute Gasteiger partial charge is 0.252 e. The summed E-state index contributed by atoms with van der Waals surface area (Å²) in [5, 5.41) is 4.15. The number of pyridine rings is 1. The van der Waals surface area contributed by atoms with E-state index in [1.807, 2.05) is 36.6 Å². The predicted molar refractivity (Wildman–Crippen MR) is 116 cm³/mol. The van der Waals surface area contributed by atoms with E-state index in [1.54, 1.807) is 19.3 Å². The molecule has 0 spiro atoms. The van der Waals surface area contributed by atoms with Crippen LogP contribution in [-0.2, 0) is 11.0 Å². The van der Waals surface area contributed by atoms with Crippen molar-refractivity contribution in [1.29, 1.82) is 0 Å². The standard InChI is InChI=1S/C21H25N5O2S/c1-13-11-19(27)26(15-6-4-5-7-15)20-17(13)12-23-21(25-20)24-18-9-8-16(10-14(18)2)29(28)22-3/h8-12,15,22H,4-7H2,1-3H3,(H,23,24,25). The maximum absolute atomic E-state index is 12.7. The van der Waals surface area contributed by atoms with E-state index in [-0.39, 0.29) is 11.6 Å². The molecule has 7 nitrogen and oxygen atoms in total. The maximum atomic E-state index is 12.7. The molecular weight excluding hydrogens is 386 g/mol. The molecular formula is C21H25N5O2S.